The lowest BCUT2D eigenvalue weighted by atomic mass is 10.1. The van der Waals surface area contributed by atoms with Gasteiger partial charge in [0.25, 0.3) is 0 Å². The average Bonchev–Trinajstić information content (AvgIpc) is 3.28. The van der Waals surface area contributed by atoms with E-state index >= 15 is 0 Å². The van der Waals surface area contributed by atoms with E-state index in [4.69, 9.17) is 0 Å². The molecule has 0 saturated heterocycles. The number of thiazole rings is 1. The molecule has 0 aliphatic carbocycles. The van der Waals surface area contributed by atoms with Crippen LogP contribution in [0, 0.1) is 0 Å². The molecule has 2 heterocycles. The lowest BCUT2D eigenvalue weighted by molar-refractivity contribution is -0.130. The van der Waals surface area contributed by atoms with Gasteiger partial charge in [-0.1, -0.05) is 49.3 Å². The van der Waals surface area contributed by atoms with Crippen molar-refractivity contribution in [1.82, 2.24) is 9.88 Å². The van der Waals surface area contributed by atoms with Gasteiger partial charge in [0.1, 0.15) is 0 Å². The van der Waals surface area contributed by atoms with Crippen molar-refractivity contribution in [1.29, 1.82) is 0 Å². The molecule has 7 heteroatoms. The molecule has 2 N–H and O–H groups in total. The van der Waals surface area contributed by atoms with Crippen molar-refractivity contribution in [2.45, 2.75) is 45.6 Å². The minimum atomic E-state index is -0.240. The van der Waals surface area contributed by atoms with Crippen LogP contribution in [-0.2, 0) is 17.8 Å². The Morgan fingerprint density at radius 3 is 2.72 bits per heavy atom. The van der Waals surface area contributed by atoms with E-state index in [1.54, 1.807) is 16.2 Å². The van der Waals surface area contributed by atoms with Gasteiger partial charge in [0.2, 0.25) is 11.8 Å². The first-order chi connectivity index (χ1) is 14.0. The fraction of sp³-hybridized carbons (Fsp3) is 0.364. The summed E-state index contributed by atoms with van der Waals surface area (Å²) in [7, 11) is 1.86. The van der Waals surface area contributed by atoms with Gasteiger partial charge in [0.05, 0.1) is 4.88 Å². The molecule has 0 spiro atoms. The highest BCUT2D eigenvalue weighted by atomic mass is 32.1. The molecule has 0 saturated carbocycles. The van der Waals surface area contributed by atoms with Gasteiger partial charge in [-0.25, -0.2) is 0 Å². The maximum atomic E-state index is 12.3. The van der Waals surface area contributed by atoms with Crippen molar-refractivity contribution < 1.29 is 9.90 Å². The molecule has 1 amide bonds. The number of carbonyl (C=O) groups is 1. The Labute approximate surface area is 178 Å². The fourth-order valence-electron chi connectivity index (χ4n) is 3.16. The second-order valence-corrected chi connectivity index (χ2v) is 9.37. The van der Waals surface area contributed by atoms with E-state index in [9.17, 15) is 14.7 Å². The van der Waals surface area contributed by atoms with Crippen LogP contribution in [0.4, 0.5) is 0 Å². The first-order valence-corrected chi connectivity index (χ1v) is 11.4. The minimum Gasteiger partial charge on any atom is -0.494 e. The Morgan fingerprint density at radius 2 is 2.00 bits per heavy atom. The topological polar surface area (TPSA) is 73.4 Å². The summed E-state index contributed by atoms with van der Waals surface area (Å²) in [6, 6.07) is 12.3. The molecule has 0 bridgehead atoms. The van der Waals surface area contributed by atoms with Gasteiger partial charge in [-0.15, -0.1) is 11.3 Å². The van der Waals surface area contributed by atoms with Crippen molar-refractivity contribution in [3.8, 4) is 16.3 Å². The van der Waals surface area contributed by atoms with Crippen LogP contribution >= 0.6 is 22.7 Å². The number of thiophene rings is 1. The number of aromatic hydroxyl groups is 1. The van der Waals surface area contributed by atoms with E-state index in [1.807, 2.05) is 25.2 Å². The van der Waals surface area contributed by atoms with Crippen LogP contribution in [0.3, 0.4) is 0 Å². The number of nitrogens with one attached hydrogen (secondary N) is 1. The van der Waals surface area contributed by atoms with Crippen molar-refractivity contribution in [3.05, 3.63) is 61.4 Å². The highest BCUT2D eigenvalue weighted by molar-refractivity contribution is 7.15. The van der Waals surface area contributed by atoms with Gasteiger partial charge in [-0.2, -0.15) is 0 Å². The van der Waals surface area contributed by atoms with Crippen LogP contribution in [0.5, 0.6) is 5.88 Å². The highest BCUT2D eigenvalue weighted by Gasteiger charge is 2.12. The Kier molecular flexibility index (Phi) is 7.28. The maximum absolute atomic E-state index is 12.3. The van der Waals surface area contributed by atoms with E-state index in [2.05, 4.69) is 30.1 Å². The summed E-state index contributed by atoms with van der Waals surface area (Å²) >= 11 is 2.69. The third kappa shape index (κ3) is 5.81. The monoisotopic (exact) mass is 430 g/mol. The smallest absolute Gasteiger partial charge is 0.307 e. The van der Waals surface area contributed by atoms with E-state index in [1.165, 1.54) is 0 Å². The molecule has 1 aromatic carbocycles. The summed E-state index contributed by atoms with van der Waals surface area (Å²) in [6.07, 6.45) is 4.30. The number of rotatable bonds is 9. The Bertz CT molecular complexity index is 1020. The number of nitrogens with zero attached hydrogens (tertiary/aromatic N) is 1. The molecule has 3 rings (SSSR count). The summed E-state index contributed by atoms with van der Waals surface area (Å²) in [5.41, 5.74) is 2.21. The van der Waals surface area contributed by atoms with Crippen LogP contribution < -0.4 is 4.87 Å². The van der Waals surface area contributed by atoms with Crippen molar-refractivity contribution in [3.63, 3.8) is 0 Å². The number of carbonyl (C=O) groups excluding carboxylic acids is 1. The molecular formula is C22H26N2O3S2. The number of aromatic amines is 1. The zero-order chi connectivity index (χ0) is 20.8. The number of unbranched alkanes of at least 4 members (excludes halogenated alkanes) is 2. The summed E-state index contributed by atoms with van der Waals surface area (Å²) in [5.74, 6) is 0.149. The van der Waals surface area contributed by atoms with E-state index in [-0.39, 0.29) is 16.7 Å². The third-order valence-corrected chi connectivity index (χ3v) is 6.75. The highest BCUT2D eigenvalue weighted by Crippen LogP contribution is 2.31. The molecule has 5 nitrogen and oxygen atoms in total. The van der Waals surface area contributed by atoms with Crippen LogP contribution in [0.1, 0.15) is 47.9 Å². The number of amides is 1. The lowest BCUT2D eigenvalue weighted by Crippen LogP contribution is -2.25. The number of benzene rings is 1. The molecule has 0 fully saturated rings. The predicted octanol–water partition coefficient (Wildman–Crippen LogP) is 5.00. The zero-order valence-corrected chi connectivity index (χ0v) is 18.4. The second kappa shape index (κ2) is 9.89. The quantitative estimate of drug-likeness (QED) is 0.469. The van der Waals surface area contributed by atoms with Crippen molar-refractivity contribution >= 4 is 28.6 Å². The zero-order valence-electron chi connectivity index (χ0n) is 16.7. The fourth-order valence-corrected chi connectivity index (χ4v) is 5.01. The third-order valence-electron chi connectivity index (χ3n) is 4.75. The summed E-state index contributed by atoms with van der Waals surface area (Å²) in [4.78, 5) is 30.4. The molecule has 3 aromatic rings. The second-order valence-electron chi connectivity index (χ2n) is 7.14. The first kappa shape index (κ1) is 21.3. The summed E-state index contributed by atoms with van der Waals surface area (Å²) in [5, 5.41) is 9.78. The molecule has 0 aliphatic heterocycles. The lowest BCUT2D eigenvalue weighted by Gasteiger charge is -2.17. The molecule has 29 heavy (non-hydrogen) atoms. The molecule has 0 unspecified atom stereocenters. The summed E-state index contributed by atoms with van der Waals surface area (Å²) < 4.78 is 0. The molecule has 2 aromatic heterocycles. The van der Waals surface area contributed by atoms with Crippen LogP contribution in [-0.4, -0.2) is 27.9 Å². The number of hydrogen-bond donors (Lipinski definition) is 2. The normalized spacial score (nSPS) is 11.0. The largest absolute Gasteiger partial charge is 0.494 e. The van der Waals surface area contributed by atoms with Gasteiger partial charge >= 0.3 is 4.87 Å². The molecule has 154 valence electrons. The summed E-state index contributed by atoms with van der Waals surface area (Å²) in [6.45, 7) is 2.74. The van der Waals surface area contributed by atoms with Crippen LogP contribution in [0.15, 0.2) is 41.2 Å². The maximum Gasteiger partial charge on any atom is 0.307 e. The number of hydrogen-bond acceptors (Lipinski definition) is 5. The molecule has 0 aliphatic rings. The molecule has 0 radical (unpaired) electrons. The van der Waals surface area contributed by atoms with E-state index < -0.39 is 0 Å². The van der Waals surface area contributed by atoms with Gasteiger partial charge in [-0.3, -0.25) is 14.6 Å². The van der Waals surface area contributed by atoms with Gasteiger partial charge in [-0.05, 0) is 35.7 Å². The minimum absolute atomic E-state index is 0.0383. The van der Waals surface area contributed by atoms with E-state index in [0.717, 1.165) is 51.5 Å². The van der Waals surface area contributed by atoms with Crippen molar-refractivity contribution in [2.75, 3.05) is 7.05 Å². The first-order valence-electron chi connectivity index (χ1n) is 9.79. The van der Waals surface area contributed by atoms with Crippen LogP contribution in [0.2, 0.25) is 0 Å². The Hall–Kier alpha value is -2.38. The number of H-pyrrole nitrogens is 1. The standard InChI is InChI=1S/C22H26N2O3S2/c1-3-4-5-9-20(25)24(2)14-15-7-6-8-16(12-15)18-11-10-17(28-18)13-19-21(26)23-22(27)29-19/h6-8,10-12,26H,3-5,9,13-14H2,1-2H3,(H,23,27). The van der Waals surface area contributed by atoms with Crippen LogP contribution in [0.25, 0.3) is 10.4 Å². The van der Waals surface area contributed by atoms with Gasteiger partial charge in [0, 0.05) is 36.2 Å². The predicted molar refractivity (Wildman–Crippen MR) is 120 cm³/mol. The van der Waals surface area contributed by atoms with Gasteiger partial charge in [0.15, 0.2) is 0 Å². The number of aromatic nitrogens is 1. The Morgan fingerprint density at radius 1 is 1.17 bits per heavy atom. The van der Waals surface area contributed by atoms with E-state index in [0.29, 0.717) is 24.3 Å². The van der Waals surface area contributed by atoms with Gasteiger partial charge < -0.3 is 10.0 Å². The average molecular weight is 431 g/mol. The molecular weight excluding hydrogens is 404 g/mol. The molecule has 0 atom stereocenters. The van der Waals surface area contributed by atoms with Crippen molar-refractivity contribution in [2.24, 2.45) is 0 Å². The SMILES string of the molecule is CCCCCC(=O)N(C)Cc1cccc(-c2ccc(Cc3sc(=O)[nH]c3O)s2)c1. The Balaban J connectivity index is 1.66.